The highest BCUT2D eigenvalue weighted by Gasteiger charge is 2.37. The first-order valence-electron chi connectivity index (χ1n) is 12.1. The molecule has 1 aromatic carbocycles. The van der Waals surface area contributed by atoms with Gasteiger partial charge in [-0.2, -0.15) is 0 Å². The maximum atomic E-state index is 11.1. The number of ether oxygens (including phenoxy) is 4. The fourth-order valence-electron chi connectivity index (χ4n) is 4.79. The lowest BCUT2D eigenvalue weighted by molar-refractivity contribution is -0.0266. The number of morpholine rings is 2. The average Bonchev–Trinajstić information content (AvgIpc) is 3.16. The van der Waals surface area contributed by atoms with Crippen LogP contribution in [0, 0.1) is 0 Å². The summed E-state index contributed by atoms with van der Waals surface area (Å²) in [7, 11) is 0. The molecule has 8 nitrogen and oxygen atoms in total. The van der Waals surface area contributed by atoms with E-state index in [-0.39, 0.29) is 0 Å². The van der Waals surface area contributed by atoms with Crippen LogP contribution in [0.5, 0.6) is 11.5 Å². The van der Waals surface area contributed by atoms with Gasteiger partial charge in [0.1, 0.15) is 6.61 Å². The maximum Gasteiger partial charge on any atom is 0.161 e. The van der Waals surface area contributed by atoms with E-state index in [1.807, 2.05) is 13.0 Å². The highest BCUT2D eigenvalue weighted by Crippen LogP contribution is 2.31. The third-order valence-electron chi connectivity index (χ3n) is 6.52. The van der Waals surface area contributed by atoms with E-state index >= 15 is 0 Å². The van der Waals surface area contributed by atoms with E-state index in [9.17, 15) is 5.11 Å². The second kappa shape index (κ2) is 11.6. The smallest absolute Gasteiger partial charge is 0.161 e. The van der Waals surface area contributed by atoms with Crippen molar-refractivity contribution in [2.75, 3.05) is 92.0 Å². The molecule has 180 valence electrons. The molecule has 3 aliphatic heterocycles. The summed E-state index contributed by atoms with van der Waals surface area (Å²) in [5, 5.41) is 11.1. The van der Waals surface area contributed by atoms with Gasteiger partial charge in [-0.1, -0.05) is 6.07 Å². The summed E-state index contributed by atoms with van der Waals surface area (Å²) >= 11 is 0. The van der Waals surface area contributed by atoms with E-state index in [0.717, 1.165) is 96.7 Å². The van der Waals surface area contributed by atoms with Crippen LogP contribution >= 0.6 is 0 Å². The van der Waals surface area contributed by atoms with Crippen LogP contribution in [0.4, 0.5) is 0 Å². The molecule has 0 saturated carbocycles. The van der Waals surface area contributed by atoms with Gasteiger partial charge in [0.25, 0.3) is 0 Å². The first kappa shape index (κ1) is 23.7. The number of hydrogen-bond donors (Lipinski definition) is 1. The van der Waals surface area contributed by atoms with Crippen LogP contribution in [0.25, 0.3) is 0 Å². The highest BCUT2D eigenvalue weighted by molar-refractivity contribution is 5.43. The van der Waals surface area contributed by atoms with Crippen LogP contribution in [0.1, 0.15) is 18.9 Å². The minimum atomic E-state index is -0.636. The molecular formula is C24H39N3O5. The first-order chi connectivity index (χ1) is 15.6. The number of likely N-dealkylation sites (tertiary alicyclic amines) is 1. The summed E-state index contributed by atoms with van der Waals surface area (Å²) in [4.78, 5) is 7.03. The summed E-state index contributed by atoms with van der Waals surface area (Å²) in [5.41, 5.74) is 0.549. The van der Waals surface area contributed by atoms with Crippen LogP contribution in [-0.4, -0.2) is 117 Å². The summed E-state index contributed by atoms with van der Waals surface area (Å²) in [6, 6.07) is 6.23. The molecule has 8 heteroatoms. The van der Waals surface area contributed by atoms with Gasteiger partial charge in [0, 0.05) is 58.9 Å². The lowest BCUT2D eigenvalue weighted by Gasteiger charge is -2.33. The van der Waals surface area contributed by atoms with Crippen molar-refractivity contribution in [3.63, 3.8) is 0 Å². The molecule has 32 heavy (non-hydrogen) atoms. The number of aliphatic hydroxyl groups is 1. The second-order valence-electron chi connectivity index (χ2n) is 9.09. The van der Waals surface area contributed by atoms with Gasteiger partial charge in [-0.05, 0) is 31.0 Å². The first-order valence-corrected chi connectivity index (χ1v) is 12.1. The number of hydrogen-bond acceptors (Lipinski definition) is 8. The number of β-amino-alcohol motifs (C(OH)–C–C–N with tert-alkyl or cyclic N) is 1. The van der Waals surface area contributed by atoms with E-state index in [1.54, 1.807) is 0 Å². The summed E-state index contributed by atoms with van der Waals surface area (Å²) in [6.45, 7) is 14.2. The monoisotopic (exact) mass is 449 g/mol. The summed E-state index contributed by atoms with van der Waals surface area (Å²) in [6.07, 6.45) is 0.811. The quantitative estimate of drug-likeness (QED) is 0.569. The minimum absolute atomic E-state index is 0.603. The van der Waals surface area contributed by atoms with Crippen molar-refractivity contribution in [3.05, 3.63) is 23.8 Å². The van der Waals surface area contributed by atoms with E-state index < -0.39 is 5.60 Å². The van der Waals surface area contributed by atoms with Crippen LogP contribution in [0.3, 0.4) is 0 Å². The Morgan fingerprint density at radius 3 is 2.34 bits per heavy atom. The SMILES string of the molecule is CCOc1cc(CN2CC[C@@](O)(CN3CCOCC3)C2)ccc1OCCN1CCOCC1. The number of benzene rings is 1. The normalized spacial score (nSPS) is 25.8. The van der Waals surface area contributed by atoms with Crippen molar-refractivity contribution in [2.45, 2.75) is 25.5 Å². The zero-order chi connectivity index (χ0) is 22.2. The van der Waals surface area contributed by atoms with E-state index in [4.69, 9.17) is 18.9 Å². The molecular weight excluding hydrogens is 410 g/mol. The lowest BCUT2D eigenvalue weighted by atomic mass is 10.0. The van der Waals surface area contributed by atoms with Crippen LogP contribution in [0.15, 0.2) is 18.2 Å². The van der Waals surface area contributed by atoms with Crippen molar-refractivity contribution >= 4 is 0 Å². The topological polar surface area (TPSA) is 66.9 Å². The predicted octanol–water partition coefficient (Wildman–Crippen LogP) is 1.07. The van der Waals surface area contributed by atoms with Crippen molar-refractivity contribution in [1.82, 2.24) is 14.7 Å². The molecule has 4 rings (SSSR count). The zero-order valence-corrected chi connectivity index (χ0v) is 19.5. The maximum absolute atomic E-state index is 11.1. The highest BCUT2D eigenvalue weighted by atomic mass is 16.5. The second-order valence-corrected chi connectivity index (χ2v) is 9.09. The molecule has 0 bridgehead atoms. The zero-order valence-electron chi connectivity index (χ0n) is 19.5. The Morgan fingerprint density at radius 2 is 1.62 bits per heavy atom. The molecule has 1 N–H and O–H groups in total. The molecule has 0 amide bonds. The fourth-order valence-corrected chi connectivity index (χ4v) is 4.79. The van der Waals surface area contributed by atoms with Gasteiger partial charge in [-0.15, -0.1) is 0 Å². The van der Waals surface area contributed by atoms with Gasteiger partial charge >= 0.3 is 0 Å². The Hall–Kier alpha value is -1.42. The Bertz CT molecular complexity index is 709. The molecule has 1 atom stereocenters. The van der Waals surface area contributed by atoms with Gasteiger partial charge in [0.15, 0.2) is 11.5 Å². The lowest BCUT2D eigenvalue weighted by Crippen LogP contribution is -2.48. The van der Waals surface area contributed by atoms with Gasteiger partial charge in [0.05, 0.1) is 38.6 Å². The summed E-state index contributed by atoms with van der Waals surface area (Å²) in [5.74, 6) is 1.60. The molecule has 3 fully saturated rings. The molecule has 0 aliphatic carbocycles. The molecule has 0 aromatic heterocycles. The third kappa shape index (κ3) is 6.79. The Kier molecular flexibility index (Phi) is 8.62. The molecule has 1 aromatic rings. The van der Waals surface area contributed by atoms with E-state index in [1.165, 1.54) is 5.56 Å². The van der Waals surface area contributed by atoms with Gasteiger partial charge in [-0.25, -0.2) is 0 Å². The molecule has 3 heterocycles. The van der Waals surface area contributed by atoms with Crippen molar-refractivity contribution in [1.29, 1.82) is 0 Å². The summed E-state index contributed by atoms with van der Waals surface area (Å²) < 4.78 is 22.8. The largest absolute Gasteiger partial charge is 0.490 e. The van der Waals surface area contributed by atoms with E-state index in [0.29, 0.717) is 19.8 Å². The number of nitrogens with zero attached hydrogens (tertiary/aromatic N) is 3. The third-order valence-corrected chi connectivity index (χ3v) is 6.52. The van der Waals surface area contributed by atoms with Crippen LogP contribution in [0.2, 0.25) is 0 Å². The molecule has 3 saturated heterocycles. The minimum Gasteiger partial charge on any atom is -0.490 e. The molecule has 0 unspecified atom stereocenters. The van der Waals surface area contributed by atoms with Gasteiger partial charge in [0.2, 0.25) is 0 Å². The van der Waals surface area contributed by atoms with Gasteiger partial charge < -0.3 is 24.1 Å². The van der Waals surface area contributed by atoms with Crippen LogP contribution < -0.4 is 9.47 Å². The standard InChI is InChI=1S/C24H39N3O5/c1-2-31-23-17-21(3-4-22(23)32-16-11-25-7-12-29-13-8-25)18-27-6-5-24(28,20-27)19-26-9-14-30-15-10-26/h3-4,17,28H,2,5-16,18-20H2,1H3/t24-/m1/s1. The van der Waals surface area contributed by atoms with Crippen LogP contribution in [-0.2, 0) is 16.0 Å². The van der Waals surface area contributed by atoms with E-state index in [2.05, 4.69) is 26.8 Å². The number of rotatable bonds is 10. The predicted molar refractivity (Wildman–Crippen MR) is 122 cm³/mol. The molecule has 0 radical (unpaired) electrons. The van der Waals surface area contributed by atoms with Crippen molar-refractivity contribution in [3.8, 4) is 11.5 Å². The molecule has 0 spiro atoms. The van der Waals surface area contributed by atoms with Crippen molar-refractivity contribution in [2.24, 2.45) is 0 Å². The molecule has 3 aliphatic rings. The van der Waals surface area contributed by atoms with Gasteiger partial charge in [-0.3, -0.25) is 14.7 Å². The Labute approximate surface area is 192 Å². The average molecular weight is 450 g/mol. The van der Waals surface area contributed by atoms with Crippen molar-refractivity contribution < 1.29 is 24.1 Å². The fraction of sp³-hybridized carbons (Fsp3) is 0.750. The Morgan fingerprint density at radius 1 is 0.906 bits per heavy atom. The Balaban J connectivity index is 1.29.